The first-order valence-electron chi connectivity index (χ1n) is 7.42. The summed E-state index contributed by atoms with van der Waals surface area (Å²) in [7, 11) is 0. The Labute approximate surface area is 131 Å². The normalized spacial score (nSPS) is 19.7. The van der Waals surface area contributed by atoms with E-state index < -0.39 is 5.92 Å². The fourth-order valence-corrected chi connectivity index (χ4v) is 3.24. The third kappa shape index (κ3) is 2.15. The monoisotopic (exact) mass is 313 g/mol. The maximum absolute atomic E-state index is 13.1. The number of benzene rings is 2. The fraction of sp³-hybridized carbons (Fsp3) is 0.222. The molecule has 0 radical (unpaired) electrons. The smallest absolute Gasteiger partial charge is 0.266 e. The van der Waals surface area contributed by atoms with Gasteiger partial charge < -0.3 is 0 Å². The number of imide groups is 1. The number of fused-ring (bicyclic) bond motifs is 1. The Morgan fingerprint density at radius 1 is 0.913 bits per heavy atom. The van der Waals surface area contributed by atoms with Crippen LogP contribution >= 0.6 is 0 Å². The van der Waals surface area contributed by atoms with E-state index >= 15 is 0 Å². The summed E-state index contributed by atoms with van der Waals surface area (Å²) in [6, 6.07) is 13.4. The first-order chi connectivity index (χ1) is 11.0. The molecular formula is C18H13F2NO2. The van der Waals surface area contributed by atoms with Crippen LogP contribution < -0.4 is 4.90 Å². The molecule has 2 amide bonds. The van der Waals surface area contributed by atoms with Crippen molar-refractivity contribution in [2.45, 2.75) is 24.7 Å². The SMILES string of the molecule is O=C1c2ccccc2C(=O)N1c1cccc(C2CC(F)(F)C2)c1. The second kappa shape index (κ2) is 4.72. The minimum atomic E-state index is -2.60. The van der Waals surface area contributed by atoms with Crippen molar-refractivity contribution in [1.29, 1.82) is 0 Å². The van der Waals surface area contributed by atoms with Crippen molar-refractivity contribution in [3.8, 4) is 0 Å². The Morgan fingerprint density at radius 2 is 1.52 bits per heavy atom. The van der Waals surface area contributed by atoms with E-state index in [4.69, 9.17) is 0 Å². The second-order valence-electron chi connectivity index (χ2n) is 6.05. The minimum absolute atomic E-state index is 0.182. The Hall–Kier alpha value is -2.56. The van der Waals surface area contributed by atoms with E-state index in [1.807, 2.05) is 0 Å². The summed E-state index contributed by atoms with van der Waals surface area (Å²) in [5, 5.41) is 0. The highest BCUT2D eigenvalue weighted by Crippen LogP contribution is 2.48. The molecule has 2 aliphatic rings. The molecule has 0 atom stereocenters. The van der Waals surface area contributed by atoms with E-state index in [-0.39, 0.29) is 30.6 Å². The van der Waals surface area contributed by atoms with Gasteiger partial charge in [0.1, 0.15) is 0 Å². The van der Waals surface area contributed by atoms with Gasteiger partial charge in [0.15, 0.2) is 0 Å². The lowest BCUT2D eigenvalue weighted by Gasteiger charge is -2.35. The summed E-state index contributed by atoms with van der Waals surface area (Å²) in [6.45, 7) is 0. The molecule has 1 saturated carbocycles. The number of carbonyl (C=O) groups excluding carboxylic acids is 2. The first kappa shape index (κ1) is 14.1. The highest BCUT2D eigenvalue weighted by atomic mass is 19.3. The molecule has 0 saturated heterocycles. The van der Waals surface area contributed by atoms with Crippen molar-refractivity contribution < 1.29 is 18.4 Å². The van der Waals surface area contributed by atoms with Crippen molar-refractivity contribution in [2.24, 2.45) is 0 Å². The molecule has 1 heterocycles. The van der Waals surface area contributed by atoms with Crippen molar-refractivity contribution in [3.05, 3.63) is 65.2 Å². The molecule has 23 heavy (non-hydrogen) atoms. The number of rotatable bonds is 2. The third-order valence-corrected chi connectivity index (χ3v) is 4.48. The van der Waals surface area contributed by atoms with Crippen LogP contribution in [0.2, 0.25) is 0 Å². The quantitative estimate of drug-likeness (QED) is 0.786. The molecule has 116 valence electrons. The molecule has 3 nitrogen and oxygen atoms in total. The van der Waals surface area contributed by atoms with Gasteiger partial charge in [-0.15, -0.1) is 0 Å². The summed E-state index contributed by atoms with van der Waals surface area (Å²) < 4.78 is 26.1. The zero-order valence-electron chi connectivity index (χ0n) is 12.1. The van der Waals surface area contributed by atoms with Gasteiger partial charge in [-0.05, 0) is 35.7 Å². The number of carbonyl (C=O) groups is 2. The number of nitrogens with zero attached hydrogens (tertiary/aromatic N) is 1. The number of anilines is 1. The van der Waals surface area contributed by atoms with Gasteiger partial charge in [0.05, 0.1) is 16.8 Å². The number of amides is 2. The summed E-state index contributed by atoms with van der Waals surface area (Å²) in [5.41, 5.74) is 1.92. The fourth-order valence-electron chi connectivity index (χ4n) is 3.24. The largest absolute Gasteiger partial charge is 0.268 e. The van der Waals surface area contributed by atoms with Crippen LogP contribution in [0.15, 0.2) is 48.5 Å². The average molecular weight is 313 g/mol. The van der Waals surface area contributed by atoms with E-state index in [2.05, 4.69) is 0 Å². The Bertz CT molecular complexity index is 788. The van der Waals surface area contributed by atoms with Gasteiger partial charge in [-0.25, -0.2) is 13.7 Å². The van der Waals surface area contributed by atoms with E-state index in [1.54, 1.807) is 48.5 Å². The predicted octanol–water partition coefficient (Wildman–Crippen LogP) is 4.00. The van der Waals surface area contributed by atoms with Gasteiger partial charge >= 0.3 is 0 Å². The molecule has 0 bridgehead atoms. The highest BCUT2D eigenvalue weighted by molar-refractivity contribution is 6.34. The van der Waals surface area contributed by atoms with E-state index in [0.717, 1.165) is 10.5 Å². The van der Waals surface area contributed by atoms with Crippen LogP contribution in [0.25, 0.3) is 0 Å². The third-order valence-electron chi connectivity index (χ3n) is 4.48. The summed E-state index contributed by atoms with van der Waals surface area (Å²) in [5.74, 6) is -3.57. The standard InChI is InChI=1S/C18H13F2NO2/c19-18(20)9-12(10-18)11-4-3-5-13(8-11)21-16(22)14-6-1-2-7-15(14)17(21)23/h1-8,12H,9-10H2. The Balaban J connectivity index is 1.67. The van der Waals surface area contributed by atoms with Gasteiger partial charge in [0.25, 0.3) is 11.8 Å². The maximum atomic E-state index is 13.1. The van der Waals surface area contributed by atoms with Gasteiger partial charge in [-0.2, -0.15) is 0 Å². The zero-order chi connectivity index (χ0) is 16.2. The van der Waals surface area contributed by atoms with Crippen LogP contribution in [0.5, 0.6) is 0 Å². The van der Waals surface area contributed by atoms with Gasteiger partial charge in [-0.3, -0.25) is 9.59 Å². The second-order valence-corrected chi connectivity index (χ2v) is 6.05. The average Bonchev–Trinajstić information content (AvgIpc) is 2.77. The number of alkyl halides is 2. The zero-order valence-corrected chi connectivity index (χ0v) is 12.1. The molecule has 1 aliphatic heterocycles. The number of hydrogen-bond acceptors (Lipinski definition) is 2. The van der Waals surface area contributed by atoms with Gasteiger partial charge in [-0.1, -0.05) is 24.3 Å². The molecule has 0 aromatic heterocycles. The van der Waals surface area contributed by atoms with Crippen molar-refractivity contribution >= 4 is 17.5 Å². The number of halogens is 2. The minimum Gasteiger partial charge on any atom is -0.268 e. The van der Waals surface area contributed by atoms with Crippen LogP contribution in [0.1, 0.15) is 45.0 Å². The van der Waals surface area contributed by atoms with Crippen LogP contribution in [0.4, 0.5) is 14.5 Å². The molecule has 4 rings (SSSR count). The van der Waals surface area contributed by atoms with Gasteiger partial charge in [0.2, 0.25) is 5.92 Å². The molecule has 1 fully saturated rings. The maximum Gasteiger partial charge on any atom is 0.266 e. The molecule has 1 aliphatic carbocycles. The highest BCUT2D eigenvalue weighted by Gasteiger charge is 2.46. The lowest BCUT2D eigenvalue weighted by molar-refractivity contribution is -0.0867. The van der Waals surface area contributed by atoms with E-state index in [9.17, 15) is 18.4 Å². The summed E-state index contributed by atoms with van der Waals surface area (Å²) in [4.78, 5) is 26.0. The van der Waals surface area contributed by atoms with Crippen LogP contribution in [0, 0.1) is 0 Å². The van der Waals surface area contributed by atoms with Crippen molar-refractivity contribution in [1.82, 2.24) is 0 Å². The molecular weight excluding hydrogens is 300 g/mol. The lowest BCUT2D eigenvalue weighted by atomic mass is 9.76. The Kier molecular flexibility index (Phi) is 2.88. The van der Waals surface area contributed by atoms with Crippen LogP contribution in [-0.2, 0) is 0 Å². The molecule has 5 heteroatoms. The Morgan fingerprint density at radius 3 is 2.09 bits per heavy atom. The van der Waals surface area contributed by atoms with Crippen molar-refractivity contribution in [2.75, 3.05) is 4.90 Å². The topological polar surface area (TPSA) is 37.4 Å². The van der Waals surface area contributed by atoms with E-state index in [0.29, 0.717) is 16.8 Å². The van der Waals surface area contributed by atoms with Crippen LogP contribution in [0.3, 0.4) is 0 Å². The lowest BCUT2D eigenvalue weighted by Crippen LogP contribution is -2.34. The van der Waals surface area contributed by atoms with Gasteiger partial charge in [0, 0.05) is 12.8 Å². The van der Waals surface area contributed by atoms with Crippen LogP contribution in [-0.4, -0.2) is 17.7 Å². The number of hydrogen-bond donors (Lipinski definition) is 0. The molecule has 0 N–H and O–H groups in total. The summed E-state index contributed by atoms with van der Waals surface area (Å²) >= 11 is 0. The molecule has 2 aromatic rings. The van der Waals surface area contributed by atoms with Crippen molar-refractivity contribution in [3.63, 3.8) is 0 Å². The molecule has 0 unspecified atom stereocenters. The van der Waals surface area contributed by atoms with E-state index in [1.165, 1.54) is 0 Å². The summed E-state index contributed by atoms with van der Waals surface area (Å²) in [6.07, 6.45) is -0.364. The predicted molar refractivity (Wildman–Crippen MR) is 80.9 cm³/mol. The molecule has 0 spiro atoms. The molecule has 2 aromatic carbocycles. The first-order valence-corrected chi connectivity index (χ1v) is 7.42.